The smallest absolute Gasteiger partial charge is 0.409 e. The Kier molecular flexibility index (Phi) is 8.24. The Labute approximate surface area is 166 Å². The molecule has 0 radical (unpaired) electrons. The molecule has 0 bridgehead atoms. The number of halogens is 1. The van der Waals surface area contributed by atoms with Crippen LogP contribution in [0.1, 0.15) is 19.8 Å². The average Bonchev–Trinajstić information content (AvgIpc) is 2.64. The molecule has 6 nitrogen and oxygen atoms in total. The number of carbonyl (C=O) groups is 1. The van der Waals surface area contributed by atoms with Gasteiger partial charge in [0.05, 0.1) is 12.3 Å². The lowest BCUT2D eigenvalue weighted by Gasteiger charge is -2.40. The van der Waals surface area contributed by atoms with Crippen molar-refractivity contribution in [1.29, 1.82) is 0 Å². The number of benzene rings is 1. The molecule has 0 saturated carbocycles. The fourth-order valence-electron chi connectivity index (χ4n) is 3.08. The van der Waals surface area contributed by atoms with Crippen LogP contribution in [-0.2, 0) is 4.74 Å². The Bertz CT molecular complexity index is 636. The van der Waals surface area contributed by atoms with Gasteiger partial charge in [-0.25, -0.2) is 9.18 Å². The predicted octanol–water partition coefficient (Wildman–Crippen LogP) is 3.01. The molecule has 0 aliphatic carbocycles. The van der Waals surface area contributed by atoms with E-state index in [-0.39, 0.29) is 18.0 Å². The first kappa shape index (κ1) is 21.4. The fraction of sp³-hybridized carbons (Fsp3) is 0.579. The van der Waals surface area contributed by atoms with E-state index in [1.54, 1.807) is 30.0 Å². The highest BCUT2D eigenvalue weighted by Gasteiger charge is 2.29. The number of ether oxygens (including phenoxy) is 1. The Morgan fingerprint density at radius 2 is 1.96 bits per heavy atom. The molecular formula is C19H29FN4O2S. The van der Waals surface area contributed by atoms with Crippen molar-refractivity contribution < 1.29 is 13.9 Å². The summed E-state index contributed by atoms with van der Waals surface area (Å²) in [6, 6.07) is 6.71. The molecule has 1 fully saturated rings. The van der Waals surface area contributed by atoms with Gasteiger partial charge in [-0.3, -0.25) is 0 Å². The van der Waals surface area contributed by atoms with Gasteiger partial charge in [0.25, 0.3) is 0 Å². The van der Waals surface area contributed by atoms with Crippen molar-refractivity contribution in [2.75, 3.05) is 52.2 Å². The van der Waals surface area contributed by atoms with Crippen LogP contribution in [0.3, 0.4) is 0 Å². The van der Waals surface area contributed by atoms with E-state index in [9.17, 15) is 9.18 Å². The summed E-state index contributed by atoms with van der Waals surface area (Å²) >= 11 is 5.60. The molecule has 1 aromatic carbocycles. The molecule has 1 aliphatic heterocycles. The standard InChI is InChI=1S/C19H29FN4O2S/c1-4-26-19(25)23-11-9-15(10-12-23)24(14-13-22(2)3)18(27)21-17-8-6-5-7-16(17)20/h5-8,15H,4,9-14H2,1-3H3,(H,21,27). The number of piperidine rings is 1. The largest absolute Gasteiger partial charge is 0.450 e. The summed E-state index contributed by atoms with van der Waals surface area (Å²) in [6.07, 6.45) is 1.33. The van der Waals surface area contributed by atoms with Crippen LogP contribution >= 0.6 is 12.2 Å². The summed E-state index contributed by atoms with van der Waals surface area (Å²) in [4.78, 5) is 17.8. The van der Waals surface area contributed by atoms with Gasteiger partial charge >= 0.3 is 6.09 Å². The zero-order chi connectivity index (χ0) is 19.8. The molecule has 1 amide bonds. The van der Waals surface area contributed by atoms with Gasteiger partial charge in [0.2, 0.25) is 0 Å². The molecule has 27 heavy (non-hydrogen) atoms. The number of rotatable bonds is 6. The molecule has 1 N–H and O–H groups in total. The number of nitrogens with one attached hydrogen (secondary N) is 1. The zero-order valence-corrected chi connectivity index (χ0v) is 17.1. The zero-order valence-electron chi connectivity index (χ0n) is 16.3. The molecule has 1 aromatic rings. The first-order chi connectivity index (χ1) is 12.9. The van der Waals surface area contributed by atoms with Gasteiger partial charge in [0.1, 0.15) is 5.82 Å². The van der Waals surface area contributed by atoms with Crippen LogP contribution in [0.15, 0.2) is 24.3 Å². The topological polar surface area (TPSA) is 48.1 Å². The number of para-hydroxylation sites is 1. The monoisotopic (exact) mass is 396 g/mol. The van der Waals surface area contributed by atoms with E-state index < -0.39 is 0 Å². The lowest BCUT2D eigenvalue weighted by atomic mass is 10.0. The van der Waals surface area contributed by atoms with Gasteiger partial charge < -0.3 is 24.8 Å². The highest BCUT2D eigenvalue weighted by molar-refractivity contribution is 7.80. The predicted molar refractivity (Wildman–Crippen MR) is 109 cm³/mol. The van der Waals surface area contributed by atoms with Gasteiger partial charge in [-0.15, -0.1) is 0 Å². The summed E-state index contributed by atoms with van der Waals surface area (Å²) in [6.45, 7) is 5.01. The van der Waals surface area contributed by atoms with Crippen LogP contribution in [0.5, 0.6) is 0 Å². The SMILES string of the molecule is CCOC(=O)N1CCC(N(CCN(C)C)C(=S)Nc2ccccc2F)CC1. The number of hydrogen-bond acceptors (Lipinski definition) is 4. The Balaban J connectivity index is 2.02. The van der Waals surface area contributed by atoms with Crippen molar-refractivity contribution in [2.24, 2.45) is 0 Å². The third-order valence-corrected chi connectivity index (χ3v) is 4.93. The van der Waals surface area contributed by atoms with E-state index in [0.717, 1.165) is 25.9 Å². The highest BCUT2D eigenvalue weighted by Crippen LogP contribution is 2.20. The van der Waals surface area contributed by atoms with Gasteiger partial charge in [0.15, 0.2) is 5.11 Å². The van der Waals surface area contributed by atoms with Gasteiger partial charge in [0, 0.05) is 32.2 Å². The number of thiocarbonyl (C=S) groups is 1. The lowest BCUT2D eigenvalue weighted by molar-refractivity contribution is 0.0867. The van der Waals surface area contributed by atoms with Crippen molar-refractivity contribution in [3.8, 4) is 0 Å². The molecule has 2 rings (SSSR count). The van der Waals surface area contributed by atoms with E-state index in [1.165, 1.54) is 6.07 Å². The molecule has 1 heterocycles. The van der Waals surface area contributed by atoms with Crippen molar-refractivity contribution in [3.63, 3.8) is 0 Å². The molecule has 0 unspecified atom stereocenters. The summed E-state index contributed by atoms with van der Waals surface area (Å²) < 4.78 is 19.1. The minimum atomic E-state index is -0.329. The van der Waals surface area contributed by atoms with Gasteiger partial charge in [-0.1, -0.05) is 12.1 Å². The van der Waals surface area contributed by atoms with Crippen LogP contribution in [0, 0.1) is 5.82 Å². The molecule has 8 heteroatoms. The normalized spacial score (nSPS) is 14.9. The Morgan fingerprint density at radius 3 is 2.56 bits per heavy atom. The van der Waals surface area contributed by atoms with Crippen molar-refractivity contribution in [2.45, 2.75) is 25.8 Å². The Hall–Kier alpha value is -1.93. The van der Waals surface area contributed by atoms with Crippen molar-refractivity contribution in [3.05, 3.63) is 30.1 Å². The second-order valence-corrected chi connectivity index (χ2v) is 7.21. The molecule has 0 atom stereocenters. The second-order valence-electron chi connectivity index (χ2n) is 6.82. The molecule has 150 valence electrons. The van der Waals surface area contributed by atoms with Crippen LogP contribution in [0.25, 0.3) is 0 Å². The Morgan fingerprint density at radius 1 is 1.30 bits per heavy atom. The van der Waals surface area contributed by atoms with Crippen LogP contribution < -0.4 is 5.32 Å². The molecule has 1 saturated heterocycles. The third-order valence-electron chi connectivity index (χ3n) is 4.60. The van der Waals surface area contributed by atoms with Gasteiger partial charge in [-0.2, -0.15) is 0 Å². The number of likely N-dealkylation sites (tertiary alicyclic amines) is 1. The maximum absolute atomic E-state index is 14.0. The number of hydrogen-bond donors (Lipinski definition) is 1. The molecule has 0 spiro atoms. The molecule has 0 aromatic heterocycles. The number of amides is 1. The van der Waals surface area contributed by atoms with E-state index in [4.69, 9.17) is 17.0 Å². The average molecular weight is 397 g/mol. The summed E-state index contributed by atoms with van der Waals surface area (Å²) in [5.74, 6) is -0.329. The highest BCUT2D eigenvalue weighted by atomic mass is 32.1. The van der Waals surface area contributed by atoms with Crippen molar-refractivity contribution in [1.82, 2.24) is 14.7 Å². The minimum Gasteiger partial charge on any atom is -0.450 e. The summed E-state index contributed by atoms with van der Waals surface area (Å²) in [5.41, 5.74) is 0.376. The van der Waals surface area contributed by atoms with Crippen LogP contribution in [-0.4, -0.2) is 78.8 Å². The first-order valence-corrected chi connectivity index (χ1v) is 9.71. The molecule has 1 aliphatic rings. The number of anilines is 1. The maximum Gasteiger partial charge on any atom is 0.409 e. The third kappa shape index (κ3) is 6.32. The lowest BCUT2D eigenvalue weighted by Crippen LogP contribution is -2.51. The maximum atomic E-state index is 14.0. The van der Waals surface area contributed by atoms with Crippen molar-refractivity contribution >= 4 is 29.1 Å². The van der Waals surface area contributed by atoms with E-state index in [2.05, 4.69) is 15.1 Å². The fourth-order valence-corrected chi connectivity index (χ4v) is 3.43. The van der Waals surface area contributed by atoms with Crippen LogP contribution in [0.2, 0.25) is 0 Å². The quantitative estimate of drug-likeness (QED) is 0.746. The summed E-state index contributed by atoms with van der Waals surface area (Å²) in [7, 11) is 4.02. The first-order valence-electron chi connectivity index (χ1n) is 9.31. The number of likely N-dealkylation sites (N-methyl/N-ethyl adjacent to an activating group) is 1. The second kappa shape index (κ2) is 10.4. The molecular weight excluding hydrogens is 367 g/mol. The van der Waals surface area contributed by atoms with Crippen LogP contribution in [0.4, 0.5) is 14.9 Å². The summed E-state index contributed by atoms with van der Waals surface area (Å²) in [5, 5.41) is 3.55. The van der Waals surface area contributed by atoms with E-state index in [1.807, 2.05) is 14.1 Å². The minimum absolute atomic E-state index is 0.197. The van der Waals surface area contributed by atoms with E-state index >= 15 is 0 Å². The number of carbonyl (C=O) groups excluding carboxylic acids is 1. The van der Waals surface area contributed by atoms with E-state index in [0.29, 0.717) is 30.5 Å². The number of nitrogens with zero attached hydrogens (tertiary/aromatic N) is 3. The van der Waals surface area contributed by atoms with Gasteiger partial charge in [-0.05, 0) is 58.2 Å².